The zero-order valence-electron chi connectivity index (χ0n) is 11.0. The van der Waals surface area contributed by atoms with Gasteiger partial charge in [-0.3, -0.25) is 0 Å². The summed E-state index contributed by atoms with van der Waals surface area (Å²) >= 11 is 0. The number of nitrogens with zero attached hydrogens (tertiary/aromatic N) is 4. The summed E-state index contributed by atoms with van der Waals surface area (Å²) in [6, 6.07) is 18.9. The molecular formula is C16H14N4. The lowest BCUT2D eigenvalue weighted by Crippen LogP contribution is -2.24. The van der Waals surface area contributed by atoms with Crippen molar-refractivity contribution in [3.8, 4) is 11.3 Å². The lowest BCUT2D eigenvalue weighted by molar-refractivity contribution is 0.569. The number of para-hydroxylation sites is 1. The van der Waals surface area contributed by atoms with Crippen LogP contribution in [0.25, 0.3) is 11.3 Å². The van der Waals surface area contributed by atoms with Gasteiger partial charge in [-0.2, -0.15) is 0 Å². The third-order valence-electron chi connectivity index (χ3n) is 3.70. The number of fused-ring (bicyclic) bond motifs is 3. The van der Waals surface area contributed by atoms with E-state index in [4.69, 9.17) is 0 Å². The summed E-state index contributed by atoms with van der Waals surface area (Å²) in [6.07, 6.45) is 1.84. The molecule has 0 radical (unpaired) electrons. The van der Waals surface area contributed by atoms with Crippen molar-refractivity contribution in [1.29, 1.82) is 0 Å². The van der Waals surface area contributed by atoms with Gasteiger partial charge in [0.1, 0.15) is 6.67 Å². The Labute approximate surface area is 117 Å². The van der Waals surface area contributed by atoms with Crippen molar-refractivity contribution in [1.82, 2.24) is 15.0 Å². The molecule has 0 atom stereocenters. The number of aromatic nitrogens is 3. The van der Waals surface area contributed by atoms with Crippen LogP contribution in [-0.2, 0) is 13.2 Å². The van der Waals surface area contributed by atoms with E-state index in [1.807, 2.05) is 16.9 Å². The van der Waals surface area contributed by atoms with E-state index >= 15 is 0 Å². The number of benzene rings is 2. The van der Waals surface area contributed by atoms with Gasteiger partial charge in [-0.15, -0.1) is 5.10 Å². The molecule has 98 valence electrons. The molecule has 2 aromatic carbocycles. The molecule has 0 unspecified atom stereocenters. The summed E-state index contributed by atoms with van der Waals surface area (Å²) in [5.74, 6) is 0. The molecule has 0 N–H and O–H groups in total. The Morgan fingerprint density at radius 1 is 0.900 bits per heavy atom. The molecule has 3 aromatic rings. The SMILES string of the molecule is c1ccc(N2Cc3ccccc3-c3cnnn3C2)cc1. The molecule has 0 fully saturated rings. The van der Waals surface area contributed by atoms with Crippen molar-refractivity contribution < 1.29 is 0 Å². The number of hydrogen-bond acceptors (Lipinski definition) is 3. The second-order valence-electron chi connectivity index (χ2n) is 4.95. The summed E-state index contributed by atoms with van der Waals surface area (Å²) in [5.41, 5.74) is 4.80. The summed E-state index contributed by atoms with van der Waals surface area (Å²) < 4.78 is 1.96. The van der Waals surface area contributed by atoms with E-state index in [9.17, 15) is 0 Å². The smallest absolute Gasteiger partial charge is 0.114 e. The van der Waals surface area contributed by atoms with Crippen LogP contribution in [0.5, 0.6) is 0 Å². The molecule has 4 heteroatoms. The Hall–Kier alpha value is -2.62. The fraction of sp³-hybridized carbons (Fsp3) is 0.125. The van der Waals surface area contributed by atoms with E-state index in [2.05, 4.69) is 63.7 Å². The third kappa shape index (κ3) is 1.77. The van der Waals surface area contributed by atoms with Gasteiger partial charge in [0.2, 0.25) is 0 Å². The highest BCUT2D eigenvalue weighted by Crippen LogP contribution is 2.29. The monoisotopic (exact) mass is 262 g/mol. The Bertz CT molecular complexity index is 733. The zero-order chi connectivity index (χ0) is 13.4. The van der Waals surface area contributed by atoms with Gasteiger partial charge in [0.05, 0.1) is 11.9 Å². The first kappa shape index (κ1) is 11.2. The molecule has 0 saturated heterocycles. The van der Waals surface area contributed by atoms with Gasteiger partial charge in [0.15, 0.2) is 0 Å². The highest BCUT2D eigenvalue weighted by atomic mass is 15.5. The van der Waals surface area contributed by atoms with E-state index < -0.39 is 0 Å². The van der Waals surface area contributed by atoms with E-state index in [-0.39, 0.29) is 0 Å². The topological polar surface area (TPSA) is 34.0 Å². The molecular weight excluding hydrogens is 248 g/mol. The standard InChI is InChI=1S/C16H14N4/c1-2-7-14(8-3-1)19-11-13-6-4-5-9-15(13)16-10-17-18-20(16)12-19/h1-10H,11-12H2. The second kappa shape index (κ2) is 4.49. The van der Waals surface area contributed by atoms with Crippen LogP contribution >= 0.6 is 0 Å². The van der Waals surface area contributed by atoms with Crippen LogP contribution in [0, 0.1) is 0 Å². The zero-order valence-corrected chi connectivity index (χ0v) is 11.0. The Morgan fingerprint density at radius 2 is 1.70 bits per heavy atom. The van der Waals surface area contributed by atoms with E-state index in [1.165, 1.54) is 16.8 Å². The fourth-order valence-corrected chi connectivity index (χ4v) is 2.71. The molecule has 1 aromatic heterocycles. The van der Waals surface area contributed by atoms with Crippen molar-refractivity contribution in [2.24, 2.45) is 0 Å². The summed E-state index contributed by atoms with van der Waals surface area (Å²) in [6.45, 7) is 1.59. The van der Waals surface area contributed by atoms with Crippen LogP contribution in [0.3, 0.4) is 0 Å². The molecule has 4 nitrogen and oxygen atoms in total. The average molecular weight is 262 g/mol. The summed E-state index contributed by atoms with van der Waals surface area (Å²) in [4.78, 5) is 2.31. The Kier molecular flexibility index (Phi) is 2.52. The Balaban J connectivity index is 1.85. The van der Waals surface area contributed by atoms with Crippen LogP contribution in [0.1, 0.15) is 5.56 Å². The predicted octanol–water partition coefficient (Wildman–Crippen LogP) is 2.92. The molecule has 4 rings (SSSR count). The summed E-state index contributed by atoms with van der Waals surface area (Å²) in [5, 5.41) is 8.28. The predicted molar refractivity (Wildman–Crippen MR) is 78.1 cm³/mol. The number of anilines is 1. The first-order valence-electron chi connectivity index (χ1n) is 6.68. The maximum atomic E-state index is 4.22. The van der Waals surface area contributed by atoms with Crippen molar-refractivity contribution in [2.45, 2.75) is 13.2 Å². The van der Waals surface area contributed by atoms with Gasteiger partial charge in [0, 0.05) is 17.8 Å². The maximum Gasteiger partial charge on any atom is 0.114 e. The summed E-state index contributed by atoms with van der Waals surface area (Å²) in [7, 11) is 0. The minimum absolute atomic E-state index is 0.716. The molecule has 1 aliphatic heterocycles. The van der Waals surface area contributed by atoms with E-state index in [0.717, 1.165) is 12.2 Å². The first-order valence-corrected chi connectivity index (χ1v) is 6.68. The normalized spacial score (nSPS) is 13.5. The molecule has 0 saturated carbocycles. The lowest BCUT2D eigenvalue weighted by atomic mass is 10.1. The van der Waals surface area contributed by atoms with Gasteiger partial charge >= 0.3 is 0 Å². The minimum Gasteiger partial charge on any atom is -0.348 e. The van der Waals surface area contributed by atoms with Crippen LogP contribution in [0.15, 0.2) is 60.8 Å². The quantitative estimate of drug-likeness (QED) is 0.676. The highest BCUT2D eigenvalue weighted by molar-refractivity contribution is 5.65. The van der Waals surface area contributed by atoms with Crippen LogP contribution in [-0.4, -0.2) is 15.0 Å². The van der Waals surface area contributed by atoms with Crippen molar-refractivity contribution in [3.05, 3.63) is 66.4 Å². The van der Waals surface area contributed by atoms with Gasteiger partial charge in [-0.05, 0) is 17.7 Å². The molecule has 20 heavy (non-hydrogen) atoms. The van der Waals surface area contributed by atoms with Gasteiger partial charge < -0.3 is 4.90 Å². The van der Waals surface area contributed by atoms with Crippen LogP contribution < -0.4 is 4.90 Å². The van der Waals surface area contributed by atoms with Crippen LogP contribution in [0.4, 0.5) is 5.69 Å². The van der Waals surface area contributed by atoms with Gasteiger partial charge in [0.25, 0.3) is 0 Å². The molecule has 0 spiro atoms. The minimum atomic E-state index is 0.716. The molecule has 0 bridgehead atoms. The highest BCUT2D eigenvalue weighted by Gasteiger charge is 2.19. The average Bonchev–Trinajstić information content (AvgIpc) is 2.90. The first-order chi connectivity index (χ1) is 9.92. The third-order valence-corrected chi connectivity index (χ3v) is 3.70. The van der Waals surface area contributed by atoms with Crippen LogP contribution in [0.2, 0.25) is 0 Å². The maximum absolute atomic E-state index is 4.22. The largest absolute Gasteiger partial charge is 0.348 e. The van der Waals surface area contributed by atoms with E-state index in [0.29, 0.717) is 6.67 Å². The van der Waals surface area contributed by atoms with Gasteiger partial charge in [-0.1, -0.05) is 47.7 Å². The molecule has 1 aliphatic rings. The fourth-order valence-electron chi connectivity index (χ4n) is 2.71. The lowest BCUT2D eigenvalue weighted by Gasteiger charge is -2.23. The van der Waals surface area contributed by atoms with Gasteiger partial charge in [-0.25, -0.2) is 4.68 Å². The molecule has 2 heterocycles. The Morgan fingerprint density at radius 3 is 2.60 bits per heavy atom. The second-order valence-corrected chi connectivity index (χ2v) is 4.95. The van der Waals surface area contributed by atoms with Crippen molar-refractivity contribution in [3.63, 3.8) is 0 Å². The molecule has 0 amide bonds. The van der Waals surface area contributed by atoms with Crippen molar-refractivity contribution in [2.75, 3.05) is 4.90 Å². The van der Waals surface area contributed by atoms with E-state index in [1.54, 1.807) is 0 Å². The number of rotatable bonds is 1. The van der Waals surface area contributed by atoms with Crippen molar-refractivity contribution >= 4 is 5.69 Å². The molecule has 0 aliphatic carbocycles. The number of hydrogen-bond donors (Lipinski definition) is 0.